The molecule has 0 fully saturated rings. The molecule has 2 heterocycles. The second-order valence-electron chi connectivity index (χ2n) is 5.97. The van der Waals surface area contributed by atoms with Crippen molar-refractivity contribution < 1.29 is 14.3 Å². The Bertz CT molecular complexity index is 863. The van der Waals surface area contributed by atoms with Gasteiger partial charge in [0, 0.05) is 12.7 Å². The minimum absolute atomic E-state index is 0.228. The Labute approximate surface area is 162 Å². The standard InChI is InChI=1S/C19H21ClN4O3/c1-3-24-15(12-23-11-14(20)10-21-23)16(18(25)27-4-2)17(22-19(24)26)13-8-6-5-7-9-13/h5-11,17H,3-4,12H2,1-2H3,(H,22,26). The molecule has 0 spiro atoms. The van der Waals surface area contributed by atoms with Crippen LogP contribution in [0.5, 0.6) is 0 Å². The van der Waals surface area contributed by atoms with Crippen LogP contribution in [0.2, 0.25) is 5.02 Å². The molecule has 0 radical (unpaired) electrons. The highest BCUT2D eigenvalue weighted by Crippen LogP contribution is 2.32. The average Bonchev–Trinajstić information content (AvgIpc) is 3.07. The summed E-state index contributed by atoms with van der Waals surface area (Å²) in [5.74, 6) is -0.460. The molecule has 1 N–H and O–H groups in total. The number of nitrogens with zero attached hydrogens (tertiary/aromatic N) is 3. The molecule has 1 unspecified atom stereocenters. The summed E-state index contributed by atoms with van der Waals surface area (Å²) in [7, 11) is 0. The molecule has 0 saturated carbocycles. The molecule has 0 saturated heterocycles. The van der Waals surface area contributed by atoms with Gasteiger partial charge in [0.05, 0.1) is 41.7 Å². The number of likely N-dealkylation sites (N-methyl/N-ethyl adjacent to an activating group) is 1. The molecule has 142 valence electrons. The van der Waals surface area contributed by atoms with Gasteiger partial charge in [-0.1, -0.05) is 41.9 Å². The number of hydrogen-bond acceptors (Lipinski definition) is 4. The molecule has 1 aromatic heterocycles. The van der Waals surface area contributed by atoms with E-state index in [1.165, 1.54) is 11.1 Å². The molecule has 1 atom stereocenters. The number of amides is 2. The van der Waals surface area contributed by atoms with Crippen LogP contribution in [-0.4, -0.2) is 39.8 Å². The number of hydrogen-bond donors (Lipinski definition) is 1. The monoisotopic (exact) mass is 388 g/mol. The highest BCUT2D eigenvalue weighted by atomic mass is 35.5. The molecule has 2 amide bonds. The fourth-order valence-electron chi connectivity index (χ4n) is 3.13. The van der Waals surface area contributed by atoms with Crippen LogP contribution in [0, 0.1) is 0 Å². The van der Waals surface area contributed by atoms with Crippen LogP contribution in [0.25, 0.3) is 0 Å². The van der Waals surface area contributed by atoms with Crippen molar-refractivity contribution in [3.8, 4) is 0 Å². The van der Waals surface area contributed by atoms with E-state index >= 15 is 0 Å². The first-order chi connectivity index (χ1) is 13.0. The Hall–Kier alpha value is -2.80. The fraction of sp³-hybridized carbons (Fsp3) is 0.316. The summed E-state index contributed by atoms with van der Waals surface area (Å²) in [6, 6.07) is 8.48. The summed E-state index contributed by atoms with van der Waals surface area (Å²) in [6.45, 7) is 4.47. The van der Waals surface area contributed by atoms with Gasteiger partial charge in [0.15, 0.2) is 0 Å². The van der Waals surface area contributed by atoms with Gasteiger partial charge in [-0.15, -0.1) is 0 Å². The quantitative estimate of drug-likeness (QED) is 0.771. The first-order valence-electron chi connectivity index (χ1n) is 8.76. The van der Waals surface area contributed by atoms with Gasteiger partial charge in [-0.2, -0.15) is 5.10 Å². The number of allylic oxidation sites excluding steroid dienone is 1. The van der Waals surface area contributed by atoms with Crippen molar-refractivity contribution in [3.05, 3.63) is 64.6 Å². The molecule has 2 aromatic rings. The van der Waals surface area contributed by atoms with Gasteiger partial charge < -0.3 is 10.1 Å². The summed E-state index contributed by atoms with van der Waals surface area (Å²) < 4.78 is 6.90. The highest BCUT2D eigenvalue weighted by molar-refractivity contribution is 6.30. The zero-order valence-electron chi connectivity index (χ0n) is 15.2. The Kier molecular flexibility index (Phi) is 5.81. The first kappa shape index (κ1) is 19.0. The van der Waals surface area contributed by atoms with E-state index in [0.29, 0.717) is 22.8 Å². The molecule has 7 nitrogen and oxygen atoms in total. The van der Waals surface area contributed by atoms with Crippen LogP contribution in [0.15, 0.2) is 54.0 Å². The Morgan fingerprint density at radius 3 is 2.63 bits per heavy atom. The maximum Gasteiger partial charge on any atom is 0.338 e. The maximum absolute atomic E-state index is 12.8. The molecular weight excluding hydrogens is 368 g/mol. The third kappa shape index (κ3) is 3.98. The molecule has 1 aromatic carbocycles. The average molecular weight is 389 g/mol. The van der Waals surface area contributed by atoms with E-state index in [1.807, 2.05) is 37.3 Å². The molecule has 3 rings (SSSR count). The largest absolute Gasteiger partial charge is 0.463 e. The zero-order chi connectivity index (χ0) is 19.4. The van der Waals surface area contributed by atoms with Crippen molar-refractivity contribution in [1.82, 2.24) is 20.0 Å². The number of aromatic nitrogens is 2. The minimum Gasteiger partial charge on any atom is -0.463 e. The summed E-state index contributed by atoms with van der Waals surface area (Å²) in [5.41, 5.74) is 1.75. The molecule has 8 heteroatoms. The lowest BCUT2D eigenvalue weighted by atomic mass is 9.94. The number of ether oxygens (including phenoxy) is 1. The highest BCUT2D eigenvalue weighted by Gasteiger charge is 2.37. The number of carbonyl (C=O) groups is 2. The van der Waals surface area contributed by atoms with E-state index in [2.05, 4.69) is 10.4 Å². The Morgan fingerprint density at radius 2 is 2.04 bits per heavy atom. The Morgan fingerprint density at radius 1 is 1.30 bits per heavy atom. The van der Waals surface area contributed by atoms with Gasteiger partial charge in [0.25, 0.3) is 0 Å². The van der Waals surface area contributed by atoms with Crippen molar-refractivity contribution in [2.75, 3.05) is 13.2 Å². The van der Waals surface area contributed by atoms with Gasteiger partial charge in [-0.3, -0.25) is 9.58 Å². The molecule has 27 heavy (non-hydrogen) atoms. The molecule has 0 bridgehead atoms. The SMILES string of the molecule is CCOC(=O)C1=C(Cn2cc(Cl)cn2)N(CC)C(=O)NC1c1ccccc1. The van der Waals surface area contributed by atoms with Crippen molar-refractivity contribution in [2.45, 2.75) is 26.4 Å². The molecular formula is C19H21ClN4O3. The number of halogens is 1. The zero-order valence-corrected chi connectivity index (χ0v) is 15.9. The Balaban J connectivity index is 2.14. The van der Waals surface area contributed by atoms with Crippen molar-refractivity contribution >= 4 is 23.6 Å². The maximum atomic E-state index is 12.8. The number of benzene rings is 1. The van der Waals surface area contributed by atoms with Gasteiger partial charge in [0.2, 0.25) is 0 Å². The van der Waals surface area contributed by atoms with E-state index in [4.69, 9.17) is 16.3 Å². The minimum atomic E-state index is -0.596. The van der Waals surface area contributed by atoms with Gasteiger partial charge >= 0.3 is 12.0 Å². The third-order valence-corrected chi connectivity index (χ3v) is 4.49. The number of rotatable bonds is 6. The lowest BCUT2D eigenvalue weighted by Crippen LogP contribution is -2.49. The van der Waals surface area contributed by atoms with Crippen LogP contribution in [0.3, 0.4) is 0 Å². The molecule has 0 aliphatic carbocycles. The van der Waals surface area contributed by atoms with Gasteiger partial charge in [0.1, 0.15) is 0 Å². The second kappa shape index (κ2) is 8.26. The summed E-state index contributed by atoms with van der Waals surface area (Å²) >= 11 is 5.97. The van der Waals surface area contributed by atoms with Gasteiger partial charge in [-0.25, -0.2) is 9.59 Å². The number of nitrogens with one attached hydrogen (secondary N) is 1. The topological polar surface area (TPSA) is 76.5 Å². The van der Waals surface area contributed by atoms with E-state index < -0.39 is 12.0 Å². The summed E-state index contributed by atoms with van der Waals surface area (Å²) in [5, 5.41) is 7.58. The number of esters is 1. The van der Waals surface area contributed by atoms with Crippen LogP contribution in [0.1, 0.15) is 25.5 Å². The normalized spacial score (nSPS) is 17.1. The fourth-order valence-corrected chi connectivity index (χ4v) is 3.29. The predicted molar refractivity (Wildman–Crippen MR) is 101 cm³/mol. The van der Waals surface area contributed by atoms with Crippen LogP contribution < -0.4 is 5.32 Å². The third-order valence-electron chi connectivity index (χ3n) is 4.30. The van der Waals surface area contributed by atoms with Crippen LogP contribution in [-0.2, 0) is 16.1 Å². The second-order valence-corrected chi connectivity index (χ2v) is 6.41. The van der Waals surface area contributed by atoms with Crippen LogP contribution >= 0.6 is 11.6 Å². The lowest BCUT2D eigenvalue weighted by Gasteiger charge is -2.36. The predicted octanol–water partition coefficient (Wildman–Crippen LogP) is 3.14. The summed E-state index contributed by atoms with van der Waals surface area (Å²) in [6.07, 6.45) is 3.16. The molecule has 1 aliphatic heterocycles. The van der Waals surface area contributed by atoms with Gasteiger partial charge in [-0.05, 0) is 19.4 Å². The summed E-state index contributed by atoms with van der Waals surface area (Å²) in [4.78, 5) is 27.1. The van der Waals surface area contributed by atoms with E-state index in [1.54, 1.807) is 17.8 Å². The van der Waals surface area contributed by atoms with Crippen molar-refractivity contribution in [3.63, 3.8) is 0 Å². The van der Waals surface area contributed by atoms with Crippen LogP contribution in [0.4, 0.5) is 4.79 Å². The molecule has 1 aliphatic rings. The number of carbonyl (C=O) groups excluding carboxylic acids is 2. The van der Waals surface area contributed by atoms with E-state index in [9.17, 15) is 9.59 Å². The van der Waals surface area contributed by atoms with Crippen molar-refractivity contribution in [2.24, 2.45) is 0 Å². The van der Waals surface area contributed by atoms with E-state index in [0.717, 1.165) is 5.56 Å². The van der Waals surface area contributed by atoms with Crippen molar-refractivity contribution in [1.29, 1.82) is 0 Å². The lowest BCUT2D eigenvalue weighted by molar-refractivity contribution is -0.139. The first-order valence-corrected chi connectivity index (χ1v) is 9.14. The number of urea groups is 1. The smallest absolute Gasteiger partial charge is 0.338 e. The van der Waals surface area contributed by atoms with E-state index in [-0.39, 0.29) is 19.2 Å².